The minimum atomic E-state index is -1.32. The molecule has 0 aliphatic carbocycles. The molecular formula is C22H19NO8. The predicted molar refractivity (Wildman–Crippen MR) is 110 cm³/mol. The first-order chi connectivity index (χ1) is 14.8. The summed E-state index contributed by atoms with van der Waals surface area (Å²) in [5, 5.41) is 21.2. The number of benzene rings is 2. The fourth-order valence-electron chi connectivity index (χ4n) is 2.90. The van der Waals surface area contributed by atoms with Crippen molar-refractivity contribution in [2.45, 2.75) is 18.9 Å². The smallest absolute Gasteiger partial charge is 0.344 e. The van der Waals surface area contributed by atoms with Crippen LogP contribution in [-0.4, -0.2) is 40.7 Å². The van der Waals surface area contributed by atoms with E-state index in [4.69, 9.17) is 19.4 Å². The van der Waals surface area contributed by atoms with Crippen LogP contribution in [0.2, 0.25) is 0 Å². The van der Waals surface area contributed by atoms with Crippen LogP contribution in [0.15, 0.2) is 63.8 Å². The minimum absolute atomic E-state index is 0.234. The SMILES string of the molecule is O=C(O)CCC(NC(=O)COc1ccc(-c2cc3ccccc3c(=O)o2)cc1)C(=O)O. The third-order valence-corrected chi connectivity index (χ3v) is 4.46. The number of carboxylic acid groups (broad SMARTS) is 2. The molecule has 3 N–H and O–H groups in total. The molecule has 0 saturated carbocycles. The second-order valence-electron chi connectivity index (χ2n) is 6.69. The zero-order valence-corrected chi connectivity index (χ0v) is 16.2. The Kier molecular flexibility index (Phi) is 6.66. The highest BCUT2D eigenvalue weighted by Gasteiger charge is 2.21. The van der Waals surface area contributed by atoms with E-state index in [2.05, 4.69) is 5.32 Å². The van der Waals surface area contributed by atoms with E-state index in [1.807, 2.05) is 12.1 Å². The van der Waals surface area contributed by atoms with Crippen LogP contribution in [0.3, 0.4) is 0 Å². The van der Waals surface area contributed by atoms with Gasteiger partial charge in [0.15, 0.2) is 6.61 Å². The molecule has 0 aliphatic rings. The Morgan fingerprint density at radius 3 is 2.42 bits per heavy atom. The summed E-state index contributed by atoms with van der Waals surface area (Å²) in [5.41, 5.74) is 0.195. The molecule has 0 spiro atoms. The predicted octanol–water partition coefficient (Wildman–Crippen LogP) is 2.27. The molecule has 3 rings (SSSR count). The van der Waals surface area contributed by atoms with Gasteiger partial charge in [-0.15, -0.1) is 0 Å². The van der Waals surface area contributed by atoms with E-state index in [1.54, 1.807) is 42.5 Å². The van der Waals surface area contributed by atoms with Crippen LogP contribution in [-0.2, 0) is 14.4 Å². The minimum Gasteiger partial charge on any atom is -0.484 e. The molecule has 9 heteroatoms. The highest BCUT2D eigenvalue weighted by atomic mass is 16.5. The van der Waals surface area contributed by atoms with Gasteiger partial charge in [0.1, 0.15) is 17.6 Å². The quantitative estimate of drug-likeness (QED) is 0.474. The van der Waals surface area contributed by atoms with E-state index >= 15 is 0 Å². The maximum atomic E-state index is 12.1. The molecule has 1 unspecified atom stereocenters. The second kappa shape index (κ2) is 9.57. The number of carboxylic acids is 2. The average molecular weight is 425 g/mol. The molecule has 0 radical (unpaired) electrons. The maximum absolute atomic E-state index is 12.1. The van der Waals surface area contributed by atoms with Crippen LogP contribution in [0.5, 0.6) is 5.75 Å². The topological polar surface area (TPSA) is 143 Å². The molecule has 1 heterocycles. The molecule has 1 aromatic heterocycles. The number of carbonyl (C=O) groups excluding carboxylic acids is 1. The summed E-state index contributed by atoms with van der Waals surface area (Å²) in [6.07, 6.45) is -0.619. The normalized spacial score (nSPS) is 11.6. The first-order valence-corrected chi connectivity index (χ1v) is 9.33. The van der Waals surface area contributed by atoms with E-state index in [1.165, 1.54) is 0 Å². The number of fused-ring (bicyclic) bond motifs is 1. The Morgan fingerprint density at radius 1 is 1.03 bits per heavy atom. The van der Waals surface area contributed by atoms with Crippen molar-refractivity contribution >= 4 is 28.6 Å². The Labute approximate surface area is 175 Å². The molecule has 0 bridgehead atoms. The van der Waals surface area contributed by atoms with Crippen molar-refractivity contribution in [2.24, 2.45) is 0 Å². The summed E-state index contributed by atoms with van der Waals surface area (Å²) in [7, 11) is 0. The van der Waals surface area contributed by atoms with Crippen LogP contribution in [0, 0.1) is 0 Å². The molecular weight excluding hydrogens is 406 g/mol. The van der Waals surface area contributed by atoms with Crippen LogP contribution in [0.1, 0.15) is 12.8 Å². The number of rotatable bonds is 9. The lowest BCUT2D eigenvalue weighted by atomic mass is 10.1. The summed E-state index contributed by atoms with van der Waals surface area (Å²) in [4.78, 5) is 45.8. The number of hydrogen-bond donors (Lipinski definition) is 3. The molecule has 31 heavy (non-hydrogen) atoms. The fraction of sp³-hybridized carbons (Fsp3) is 0.182. The van der Waals surface area contributed by atoms with Gasteiger partial charge in [-0.25, -0.2) is 9.59 Å². The number of aliphatic carboxylic acids is 2. The zero-order chi connectivity index (χ0) is 22.4. The third kappa shape index (κ3) is 5.69. The summed E-state index contributed by atoms with van der Waals surface area (Å²) in [5.74, 6) is -2.44. The van der Waals surface area contributed by atoms with Crippen molar-refractivity contribution in [2.75, 3.05) is 6.61 Å². The highest BCUT2D eigenvalue weighted by Crippen LogP contribution is 2.24. The van der Waals surface area contributed by atoms with E-state index in [9.17, 15) is 19.2 Å². The Hall–Kier alpha value is -4.14. The molecule has 9 nitrogen and oxygen atoms in total. The van der Waals surface area contributed by atoms with Crippen molar-refractivity contribution in [3.63, 3.8) is 0 Å². The van der Waals surface area contributed by atoms with Crippen molar-refractivity contribution in [1.82, 2.24) is 5.32 Å². The second-order valence-corrected chi connectivity index (χ2v) is 6.69. The van der Waals surface area contributed by atoms with Gasteiger partial charge in [0.25, 0.3) is 5.91 Å². The van der Waals surface area contributed by atoms with E-state index < -0.39 is 36.1 Å². The largest absolute Gasteiger partial charge is 0.484 e. The van der Waals surface area contributed by atoms with Crippen molar-refractivity contribution in [3.05, 3.63) is 65.0 Å². The van der Waals surface area contributed by atoms with Gasteiger partial charge in [-0.1, -0.05) is 18.2 Å². The van der Waals surface area contributed by atoms with E-state index in [-0.39, 0.29) is 12.8 Å². The fourth-order valence-corrected chi connectivity index (χ4v) is 2.90. The summed E-state index contributed by atoms with van der Waals surface area (Å²) < 4.78 is 10.7. The van der Waals surface area contributed by atoms with Gasteiger partial charge in [-0.3, -0.25) is 9.59 Å². The lowest BCUT2D eigenvalue weighted by molar-refractivity contribution is -0.143. The average Bonchev–Trinajstić information content (AvgIpc) is 2.75. The van der Waals surface area contributed by atoms with Gasteiger partial charge >= 0.3 is 17.6 Å². The first kappa shape index (κ1) is 21.6. The molecule has 160 valence electrons. The highest BCUT2D eigenvalue weighted by molar-refractivity contribution is 5.85. The van der Waals surface area contributed by atoms with Gasteiger partial charge in [-0.2, -0.15) is 0 Å². The van der Waals surface area contributed by atoms with Crippen LogP contribution < -0.4 is 15.7 Å². The van der Waals surface area contributed by atoms with E-state index in [0.717, 1.165) is 5.39 Å². The molecule has 0 aliphatic heterocycles. The summed E-state index contributed by atoms with van der Waals surface area (Å²) in [6.45, 7) is -0.443. The summed E-state index contributed by atoms with van der Waals surface area (Å²) in [6, 6.07) is 14.0. The molecule has 3 aromatic rings. The van der Waals surface area contributed by atoms with Gasteiger partial charge in [0.05, 0.1) is 5.39 Å². The first-order valence-electron chi connectivity index (χ1n) is 9.33. The lowest BCUT2D eigenvalue weighted by Gasteiger charge is -2.14. The molecule has 2 aromatic carbocycles. The molecule has 1 amide bonds. The molecule has 0 fully saturated rings. The van der Waals surface area contributed by atoms with Crippen LogP contribution in [0.25, 0.3) is 22.1 Å². The third-order valence-electron chi connectivity index (χ3n) is 4.46. The van der Waals surface area contributed by atoms with Crippen LogP contribution in [0.4, 0.5) is 0 Å². The number of carbonyl (C=O) groups is 3. The number of ether oxygens (including phenoxy) is 1. The number of amides is 1. The summed E-state index contributed by atoms with van der Waals surface area (Å²) >= 11 is 0. The van der Waals surface area contributed by atoms with Crippen LogP contribution >= 0.6 is 0 Å². The number of hydrogen-bond acceptors (Lipinski definition) is 6. The van der Waals surface area contributed by atoms with Crippen molar-refractivity contribution in [3.8, 4) is 17.1 Å². The Morgan fingerprint density at radius 2 is 1.74 bits per heavy atom. The molecule has 1 atom stereocenters. The van der Waals surface area contributed by atoms with Crippen molar-refractivity contribution in [1.29, 1.82) is 0 Å². The van der Waals surface area contributed by atoms with Gasteiger partial charge < -0.3 is 24.7 Å². The monoisotopic (exact) mass is 425 g/mol. The Bertz CT molecular complexity index is 1170. The van der Waals surface area contributed by atoms with Crippen molar-refractivity contribution < 1.29 is 33.8 Å². The lowest BCUT2D eigenvalue weighted by Crippen LogP contribution is -2.43. The molecule has 0 saturated heterocycles. The number of nitrogens with one attached hydrogen (secondary N) is 1. The zero-order valence-electron chi connectivity index (χ0n) is 16.2. The van der Waals surface area contributed by atoms with Gasteiger partial charge in [0.2, 0.25) is 0 Å². The van der Waals surface area contributed by atoms with Gasteiger partial charge in [0, 0.05) is 12.0 Å². The van der Waals surface area contributed by atoms with E-state index in [0.29, 0.717) is 22.5 Å². The van der Waals surface area contributed by atoms with Gasteiger partial charge in [-0.05, 0) is 48.2 Å². The standard InChI is InChI=1S/C22H19NO8/c24-19(23-17(21(27)28)9-10-20(25)26)12-30-15-7-5-13(6-8-15)18-11-14-3-1-2-4-16(14)22(29)31-18/h1-8,11,17H,9-10,12H2,(H,23,24)(H,25,26)(H,27,28). The maximum Gasteiger partial charge on any atom is 0.344 e. The Balaban J connectivity index is 1.62.